The van der Waals surface area contributed by atoms with Crippen molar-refractivity contribution in [3.8, 4) is 0 Å². The van der Waals surface area contributed by atoms with Crippen LogP contribution in [0.3, 0.4) is 0 Å². The number of hydrogen-bond donors (Lipinski definition) is 2. The Morgan fingerprint density at radius 2 is 1.90 bits per heavy atom. The van der Waals surface area contributed by atoms with E-state index in [4.69, 9.17) is 10.3 Å². The third kappa shape index (κ3) is 3.77. The van der Waals surface area contributed by atoms with E-state index in [9.17, 15) is 8.42 Å². The average Bonchev–Trinajstić information content (AvgIpc) is 1.64. The van der Waals surface area contributed by atoms with Crippen molar-refractivity contribution < 1.29 is 65.8 Å². The zero-order valence-electron chi connectivity index (χ0n) is 7.46. The summed E-state index contributed by atoms with van der Waals surface area (Å²) in [6.45, 7) is 2.65. The molecule has 0 heterocycles. The summed E-state index contributed by atoms with van der Waals surface area (Å²) in [6.07, 6.45) is 0. The third-order valence-corrected chi connectivity index (χ3v) is 2.75. The monoisotopic (exact) mass is 193 g/mol. The van der Waals surface area contributed by atoms with Crippen molar-refractivity contribution in [1.29, 1.82) is 0 Å². The summed E-state index contributed by atoms with van der Waals surface area (Å²) in [7, 11) is -3.98. The first-order valence-corrected chi connectivity index (χ1v) is 3.92. The van der Waals surface area contributed by atoms with Crippen LogP contribution >= 0.6 is 0 Å². The zero-order valence-corrected chi connectivity index (χ0v) is 10.4. The second-order valence-corrected chi connectivity index (χ2v) is 4.49. The maximum Gasteiger partial charge on any atom is 1.00 e. The molecule has 0 aromatic rings. The van der Waals surface area contributed by atoms with E-state index in [0.717, 1.165) is 0 Å². The molecule has 4 nitrogen and oxygen atoms in total. The maximum atomic E-state index is 10.4. The van der Waals surface area contributed by atoms with E-state index in [1.165, 1.54) is 13.8 Å². The van der Waals surface area contributed by atoms with Gasteiger partial charge in [-0.2, -0.15) is 8.42 Å². The van der Waals surface area contributed by atoms with E-state index < -0.39 is 14.9 Å². The van der Waals surface area contributed by atoms with Crippen LogP contribution in [0.1, 0.15) is 15.3 Å². The van der Waals surface area contributed by atoms with E-state index >= 15 is 0 Å². The molecular formula is C4H12KNO3S. The topological polar surface area (TPSA) is 80.4 Å². The molecule has 58 valence electrons. The van der Waals surface area contributed by atoms with Crippen LogP contribution in [0.5, 0.6) is 0 Å². The largest absolute Gasteiger partial charge is 1.00 e. The Morgan fingerprint density at radius 1 is 1.60 bits per heavy atom. The first-order chi connectivity index (χ1) is 3.81. The molecule has 0 aliphatic heterocycles. The van der Waals surface area contributed by atoms with Crippen LogP contribution in [0.25, 0.3) is 0 Å². The Bertz CT molecular complexity index is 192. The molecule has 0 bridgehead atoms. The fourth-order valence-corrected chi connectivity index (χ4v) is 0.316. The van der Waals surface area contributed by atoms with Crippen LogP contribution in [-0.4, -0.2) is 24.3 Å². The molecule has 0 rings (SSSR count). The molecule has 10 heavy (non-hydrogen) atoms. The van der Waals surface area contributed by atoms with Crippen LogP contribution < -0.4 is 57.1 Å². The fourth-order valence-electron chi connectivity index (χ4n) is 0.105. The van der Waals surface area contributed by atoms with Gasteiger partial charge < -0.3 is 7.16 Å². The van der Waals surface area contributed by atoms with Gasteiger partial charge in [-0.1, -0.05) is 0 Å². The van der Waals surface area contributed by atoms with Gasteiger partial charge in [-0.15, -0.1) is 0 Å². The molecule has 0 radical (unpaired) electrons. The molecule has 0 aromatic carbocycles. The Balaban J connectivity index is -0.000000320. The summed E-state index contributed by atoms with van der Waals surface area (Å²) in [4.78, 5) is 0. The van der Waals surface area contributed by atoms with Crippen molar-refractivity contribution in [2.45, 2.75) is 18.6 Å². The van der Waals surface area contributed by atoms with E-state index in [-0.39, 0.29) is 59.4 Å². The van der Waals surface area contributed by atoms with Gasteiger partial charge >= 0.3 is 51.4 Å². The Morgan fingerprint density at radius 3 is 1.90 bits per heavy atom. The van der Waals surface area contributed by atoms with Gasteiger partial charge in [0.25, 0.3) is 10.1 Å². The Labute approximate surface area is 105 Å². The molecule has 0 saturated heterocycles. The summed E-state index contributed by atoms with van der Waals surface area (Å²) >= 11 is 0. The van der Waals surface area contributed by atoms with Gasteiger partial charge in [-0.3, -0.25) is 4.55 Å². The van der Waals surface area contributed by atoms with Crippen LogP contribution in [0.4, 0.5) is 0 Å². The minimum atomic E-state index is -3.98. The van der Waals surface area contributed by atoms with Crippen molar-refractivity contribution >= 4 is 10.1 Å². The van der Waals surface area contributed by atoms with Crippen LogP contribution in [-0.2, 0) is 10.1 Å². The van der Waals surface area contributed by atoms with Crippen LogP contribution in [0.15, 0.2) is 0 Å². The molecule has 0 aliphatic carbocycles. The zero-order chi connectivity index (χ0) is 7.71. The second kappa shape index (κ2) is 4.51. The van der Waals surface area contributed by atoms with Gasteiger partial charge in [0.05, 0.1) is 0 Å². The number of hydrogen-bond acceptors (Lipinski definition) is 3. The van der Waals surface area contributed by atoms with Gasteiger partial charge in [0.15, 0.2) is 0 Å². The first-order valence-electron chi connectivity index (χ1n) is 2.48. The Hall–Kier alpha value is 1.51. The molecule has 0 saturated carbocycles. The number of nitrogens with two attached hydrogens (primary N) is 1. The Kier molecular flexibility index (Phi) is 6.34. The normalized spacial score (nSPS) is 12.4. The smallest absolute Gasteiger partial charge is 1.00 e. The maximum absolute atomic E-state index is 10.4. The SMILES string of the molecule is CC(C)(CN)S(=O)(=O)O.[H-].[K+]. The van der Waals surface area contributed by atoms with Crippen molar-refractivity contribution in [2.75, 3.05) is 6.54 Å². The predicted octanol–water partition coefficient (Wildman–Crippen LogP) is -3.27. The molecule has 0 atom stereocenters. The molecule has 0 aromatic heterocycles. The molecular weight excluding hydrogens is 181 g/mol. The minimum absolute atomic E-state index is 0. The second-order valence-electron chi connectivity index (χ2n) is 2.44. The summed E-state index contributed by atoms with van der Waals surface area (Å²) in [5.41, 5.74) is 5.05. The molecule has 3 N–H and O–H groups in total. The van der Waals surface area contributed by atoms with Gasteiger partial charge in [-0.05, 0) is 13.8 Å². The van der Waals surface area contributed by atoms with Crippen molar-refractivity contribution in [1.82, 2.24) is 0 Å². The predicted molar refractivity (Wildman–Crippen MR) is 35.8 cm³/mol. The van der Waals surface area contributed by atoms with Crippen LogP contribution in [0, 0.1) is 0 Å². The molecule has 0 amide bonds. The van der Waals surface area contributed by atoms with E-state index in [1.54, 1.807) is 0 Å². The van der Waals surface area contributed by atoms with Gasteiger partial charge in [0.1, 0.15) is 4.75 Å². The molecule has 0 spiro atoms. The van der Waals surface area contributed by atoms with Gasteiger partial charge in [-0.25, -0.2) is 0 Å². The summed E-state index contributed by atoms with van der Waals surface area (Å²) < 4.78 is 27.9. The van der Waals surface area contributed by atoms with E-state index in [1.807, 2.05) is 0 Å². The van der Waals surface area contributed by atoms with Gasteiger partial charge in [0, 0.05) is 6.54 Å². The standard InChI is InChI=1S/C4H11NO3S.K.H/c1-4(2,3-5)9(6,7)8;;/h3,5H2,1-2H3,(H,6,7,8);;/q;+1;-1. The average molecular weight is 193 g/mol. The van der Waals surface area contributed by atoms with Crippen LogP contribution in [0.2, 0.25) is 0 Å². The summed E-state index contributed by atoms with van der Waals surface area (Å²) in [5.74, 6) is 0. The van der Waals surface area contributed by atoms with E-state index in [2.05, 4.69) is 0 Å². The minimum Gasteiger partial charge on any atom is -1.00 e. The molecule has 0 fully saturated rings. The fraction of sp³-hybridized carbons (Fsp3) is 1.00. The third-order valence-electron chi connectivity index (χ3n) is 1.19. The van der Waals surface area contributed by atoms with Crippen molar-refractivity contribution in [2.24, 2.45) is 5.73 Å². The van der Waals surface area contributed by atoms with E-state index in [0.29, 0.717) is 0 Å². The first kappa shape index (κ1) is 14.1. The van der Waals surface area contributed by atoms with Crippen molar-refractivity contribution in [3.63, 3.8) is 0 Å². The molecule has 6 heteroatoms. The summed E-state index contributed by atoms with van der Waals surface area (Å²) in [5, 5.41) is 0. The van der Waals surface area contributed by atoms with Crippen molar-refractivity contribution in [3.05, 3.63) is 0 Å². The number of rotatable bonds is 2. The molecule has 0 aliphatic rings. The van der Waals surface area contributed by atoms with Gasteiger partial charge in [0.2, 0.25) is 0 Å². The quantitative estimate of drug-likeness (QED) is 0.356. The summed E-state index contributed by atoms with van der Waals surface area (Å²) in [6, 6.07) is 0. The molecule has 0 unspecified atom stereocenters.